The van der Waals surface area contributed by atoms with Gasteiger partial charge in [-0.05, 0) is 11.1 Å². The van der Waals surface area contributed by atoms with Crippen molar-refractivity contribution >= 4 is 23.9 Å². The summed E-state index contributed by atoms with van der Waals surface area (Å²) < 4.78 is 31.9. The lowest BCUT2D eigenvalue weighted by atomic mass is 9.88. The second-order valence-electron chi connectivity index (χ2n) is 9.57. The average Bonchev–Trinajstić information content (AvgIpc) is 2.88. The zero-order valence-electron chi connectivity index (χ0n) is 22.4. The Labute approximate surface area is 229 Å². The van der Waals surface area contributed by atoms with Gasteiger partial charge < -0.3 is 48.8 Å². The Bertz CT molecular complexity index is 975. The number of rotatable bonds is 8. The lowest BCUT2D eigenvalue weighted by Gasteiger charge is -2.43. The Kier molecular flexibility index (Phi) is 10.6. The van der Waals surface area contributed by atoms with Gasteiger partial charge in [0.2, 0.25) is 0 Å². The number of aliphatic hydroxyl groups is 4. The summed E-state index contributed by atoms with van der Waals surface area (Å²) in [4.78, 5) is 45.7. The molecule has 10 atom stereocenters. The van der Waals surface area contributed by atoms with Gasteiger partial charge in [-0.15, -0.1) is 0 Å². The molecule has 2 aliphatic heterocycles. The molecule has 1 aromatic carbocycles. The van der Waals surface area contributed by atoms with E-state index in [4.69, 9.17) is 28.4 Å². The third-order valence-electron chi connectivity index (χ3n) is 6.47. The largest absolute Gasteiger partial charge is 0.463 e. The molecule has 2 fully saturated rings. The van der Waals surface area contributed by atoms with Crippen molar-refractivity contribution in [2.75, 3.05) is 13.2 Å². The molecule has 0 spiro atoms. The van der Waals surface area contributed by atoms with Crippen LogP contribution in [0.15, 0.2) is 24.3 Å². The Morgan fingerprint density at radius 1 is 0.600 bits per heavy atom. The van der Waals surface area contributed by atoms with Crippen molar-refractivity contribution in [1.82, 2.24) is 0 Å². The van der Waals surface area contributed by atoms with Gasteiger partial charge in [0.05, 0.1) is 0 Å². The number of esters is 4. The van der Waals surface area contributed by atoms with Crippen LogP contribution in [0.4, 0.5) is 0 Å². The molecule has 0 bridgehead atoms. The van der Waals surface area contributed by atoms with Crippen LogP contribution in [0.25, 0.3) is 0 Å². The van der Waals surface area contributed by atoms with E-state index in [2.05, 4.69) is 0 Å². The van der Waals surface area contributed by atoms with Gasteiger partial charge >= 0.3 is 23.9 Å². The van der Waals surface area contributed by atoms with E-state index in [1.165, 1.54) is 38.1 Å². The molecule has 2 aliphatic rings. The molecule has 0 radical (unpaired) electrons. The first kappa shape index (κ1) is 31.4. The number of hydrogen-bond acceptors (Lipinski definition) is 14. The maximum atomic E-state index is 11.5. The fraction of sp³-hybridized carbons (Fsp3) is 0.615. The Balaban J connectivity index is 1.82. The normalized spacial score (nSPS) is 33.9. The highest BCUT2D eigenvalue weighted by molar-refractivity contribution is 5.67. The highest BCUT2D eigenvalue weighted by atomic mass is 16.6. The molecule has 4 N–H and O–H groups in total. The smallest absolute Gasteiger partial charge is 0.303 e. The summed E-state index contributed by atoms with van der Waals surface area (Å²) in [7, 11) is 0. The fourth-order valence-corrected chi connectivity index (χ4v) is 4.65. The van der Waals surface area contributed by atoms with Crippen LogP contribution in [0, 0.1) is 0 Å². The summed E-state index contributed by atoms with van der Waals surface area (Å²) in [6.07, 6.45) is -13.2. The van der Waals surface area contributed by atoms with Crippen LogP contribution in [-0.2, 0) is 47.6 Å². The second-order valence-corrected chi connectivity index (χ2v) is 9.57. The van der Waals surface area contributed by atoms with E-state index >= 15 is 0 Å². The molecule has 222 valence electrons. The van der Waals surface area contributed by atoms with Gasteiger partial charge in [0.25, 0.3) is 0 Å². The highest BCUT2D eigenvalue weighted by Crippen LogP contribution is 2.37. The minimum atomic E-state index is -1.57. The van der Waals surface area contributed by atoms with Crippen LogP contribution in [0.1, 0.15) is 51.0 Å². The summed E-state index contributed by atoms with van der Waals surface area (Å²) in [6, 6.07) is 6.08. The predicted molar refractivity (Wildman–Crippen MR) is 130 cm³/mol. The number of aliphatic hydroxyl groups excluding tert-OH is 4. The first-order valence-corrected chi connectivity index (χ1v) is 12.5. The zero-order valence-corrected chi connectivity index (χ0v) is 22.4. The van der Waals surface area contributed by atoms with Crippen LogP contribution in [0.3, 0.4) is 0 Å². The standard InChI is InChI=1S/C26H34O14/c1-11(27)35-9-17-25(37-13(3)29)21(33)19(31)23(39-17)15-5-7-16(8-6-15)24-20(32)22(34)26(38-14(4)30)18(40-24)10-36-12(2)28/h5-8,17-26,31-34H,9-10H2,1-4H3/t17-,18-,19+,20+,21-,22-,23-,24-,25-,26-/m1/s1. The average molecular weight is 571 g/mol. The maximum Gasteiger partial charge on any atom is 0.303 e. The molecular weight excluding hydrogens is 536 g/mol. The monoisotopic (exact) mass is 570 g/mol. The fourth-order valence-electron chi connectivity index (χ4n) is 4.65. The van der Waals surface area contributed by atoms with Gasteiger partial charge in [0, 0.05) is 27.7 Å². The SMILES string of the molecule is CC(=O)OC[C@H]1O[C@H](c2ccc([C@H]3O[C@H](COC(C)=O)[C@@H](OC(C)=O)[C@H](O)[C@@H]3O)cc2)[C@@H](O)[C@@H](O)[C@@H]1OC(C)=O. The second kappa shape index (κ2) is 13.5. The lowest BCUT2D eigenvalue weighted by molar-refractivity contribution is -0.243. The van der Waals surface area contributed by atoms with Crippen molar-refractivity contribution in [3.05, 3.63) is 35.4 Å². The van der Waals surface area contributed by atoms with Gasteiger partial charge in [-0.25, -0.2) is 0 Å². The van der Waals surface area contributed by atoms with Crippen molar-refractivity contribution in [3.8, 4) is 0 Å². The van der Waals surface area contributed by atoms with Crippen LogP contribution in [0.5, 0.6) is 0 Å². The predicted octanol–water partition coefficient (Wildman–Crippen LogP) is -1.00. The van der Waals surface area contributed by atoms with Crippen LogP contribution in [-0.4, -0.2) is 106 Å². The minimum Gasteiger partial charge on any atom is -0.463 e. The number of hydrogen-bond donors (Lipinski definition) is 4. The van der Waals surface area contributed by atoms with Gasteiger partial charge in [-0.2, -0.15) is 0 Å². The van der Waals surface area contributed by atoms with E-state index in [0.29, 0.717) is 11.1 Å². The molecule has 0 unspecified atom stereocenters. The summed E-state index contributed by atoms with van der Waals surface area (Å²) in [5.41, 5.74) is 0.758. The van der Waals surface area contributed by atoms with Gasteiger partial charge in [0.1, 0.15) is 62.0 Å². The van der Waals surface area contributed by atoms with E-state index in [-0.39, 0.29) is 13.2 Å². The highest BCUT2D eigenvalue weighted by Gasteiger charge is 2.49. The zero-order chi connectivity index (χ0) is 29.7. The van der Waals surface area contributed by atoms with E-state index in [1.54, 1.807) is 0 Å². The molecular formula is C26H34O14. The quantitative estimate of drug-likeness (QED) is 0.219. The van der Waals surface area contributed by atoms with Gasteiger partial charge in [0.15, 0.2) is 12.2 Å². The topological polar surface area (TPSA) is 205 Å². The molecule has 2 saturated heterocycles. The van der Waals surface area contributed by atoms with Crippen molar-refractivity contribution in [2.45, 2.75) is 88.7 Å². The molecule has 14 heteroatoms. The van der Waals surface area contributed by atoms with Crippen LogP contribution in [0.2, 0.25) is 0 Å². The number of carbonyl (C=O) groups is 4. The molecule has 0 aliphatic carbocycles. The van der Waals surface area contributed by atoms with Crippen molar-refractivity contribution in [2.24, 2.45) is 0 Å². The molecule has 14 nitrogen and oxygen atoms in total. The van der Waals surface area contributed by atoms with Crippen LogP contribution < -0.4 is 0 Å². The molecule has 2 heterocycles. The Hall–Kier alpha value is -3.14. The molecule has 40 heavy (non-hydrogen) atoms. The van der Waals surface area contributed by atoms with Gasteiger partial charge in [-0.3, -0.25) is 19.2 Å². The summed E-state index contributed by atoms with van der Waals surface area (Å²) in [6.45, 7) is 3.90. The molecule has 0 saturated carbocycles. The summed E-state index contributed by atoms with van der Waals surface area (Å²) >= 11 is 0. The molecule has 0 aromatic heterocycles. The van der Waals surface area contributed by atoms with E-state index in [1.807, 2.05) is 0 Å². The summed E-state index contributed by atoms with van der Waals surface area (Å²) in [5.74, 6) is -2.70. The number of ether oxygens (including phenoxy) is 6. The van der Waals surface area contributed by atoms with E-state index in [9.17, 15) is 39.6 Å². The lowest BCUT2D eigenvalue weighted by Crippen LogP contribution is -2.57. The minimum absolute atomic E-state index is 0.348. The van der Waals surface area contributed by atoms with E-state index < -0.39 is 84.9 Å². The van der Waals surface area contributed by atoms with Gasteiger partial charge in [-0.1, -0.05) is 24.3 Å². The molecule has 3 rings (SSSR count). The first-order valence-electron chi connectivity index (χ1n) is 12.5. The van der Waals surface area contributed by atoms with Crippen LogP contribution >= 0.6 is 0 Å². The number of carbonyl (C=O) groups excluding carboxylic acids is 4. The van der Waals surface area contributed by atoms with Crippen molar-refractivity contribution in [1.29, 1.82) is 0 Å². The number of benzene rings is 1. The van der Waals surface area contributed by atoms with Crippen molar-refractivity contribution < 1.29 is 68.0 Å². The molecule has 1 aromatic rings. The third-order valence-corrected chi connectivity index (χ3v) is 6.47. The summed E-state index contributed by atoms with van der Waals surface area (Å²) in [5, 5.41) is 42.9. The first-order chi connectivity index (χ1) is 18.8. The Morgan fingerprint density at radius 3 is 1.20 bits per heavy atom. The third kappa shape index (κ3) is 7.53. The maximum absolute atomic E-state index is 11.5. The molecule has 0 amide bonds. The Morgan fingerprint density at radius 2 is 0.925 bits per heavy atom. The van der Waals surface area contributed by atoms with Crippen molar-refractivity contribution in [3.63, 3.8) is 0 Å². The van der Waals surface area contributed by atoms with E-state index in [0.717, 1.165) is 13.8 Å².